The number of aromatic amines is 1. The lowest BCUT2D eigenvalue weighted by Crippen LogP contribution is -2.37. The monoisotopic (exact) mass is 507 g/mol. The van der Waals surface area contributed by atoms with Gasteiger partial charge in [-0.2, -0.15) is 4.98 Å². The van der Waals surface area contributed by atoms with Crippen LogP contribution in [0, 0.1) is 0 Å². The van der Waals surface area contributed by atoms with Gasteiger partial charge in [0, 0.05) is 74.9 Å². The standard InChI is InChI=1S/C25H29N7O3S/c1-31(2)36(33,34)19-14-21(20-6-9-27-22(20)15-19)23-16-24(28-8-5-18-4-3-7-26-17-18)30-25(29-23)32-10-12-35-13-11-32/h3-4,6-7,9,14-17,27H,5,8,10-13H2,1-2H3,(H,28,29,30). The number of ether oxygens (including phenoxy) is 1. The zero-order chi connectivity index (χ0) is 25.1. The maximum atomic E-state index is 13.0. The molecule has 1 fully saturated rings. The first-order valence-electron chi connectivity index (χ1n) is 11.8. The number of hydrogen-bond acceptors (Lipinski definition) is 8. The van der Waals surface area contributed by atoms with E-state index in [1.165, 1.54) is 18.4 Å². The minimum atomic E-state index is -3.64. The normalized spacial score (nSPS) is 14.5. The summed E-state index contributed by atoms with van der Waals surface area (Å²) in [7, 11) is -0.586. The lowest BCUT2D eigenvalue weighted by molar-refractivity contribution is 0.122. The van der Waals surface area contributed by atoms with Gasteiger partial charge in [-0.05, 0) is 36.2 Å². The molecule has 4 heterocycles. The molecule has 4 aromatic rings. The van der Waals surface area contributed by atoms with Gasteiger partial charge in [0.15, 0.2) is 0 Å². The molecular formula is C25H29N7O3S. The fourth-order valence-electron chi connectivity index (χ4n) is 4.16. The van der Waals surface area contributed by atoms with Crippen molar-refractivity contribution in [3.8, 4) is 11.3 Å². The maximum absolute atomic E-state index is 13.0. The molecule has 11 heteroatoms. The van der Waals surface area contributed by atoms with Crippen LogP contribution in [-0.4, -0.2) is 79.6 Å². The van der Waals surface area contributed by atoms with E-state index in [2.05, 4.69) is 20.2 Å². The third-order valence-corrected chi connectivity index (χ3v) is 7.94. The molecule has 2 N–H and O–H groups in total. The van der Waals surface area contributed by atoms with Gasteiger partial charge in [0.05, 0.1) is 23.8 Å². The van der Waals surface area contributed by atoms with Crippen molar-refractivity contribution in [3.63, 3.8) is 0 Å². The van der Waals surface area contributed by atoms with E-state index in [0.717, 1.165) is 28.5 Å². The number of benzene rings is 1. The first-order chi connectivity index (χ1) is 17.4. The molecule has 0 spiro atoms. The highest BCUT2D eigenvalue weighted by molar-refractivity contribution is 7.89. The molecule has 5 rings (SSSR count). The molecule has 0 amide bonds. The zero-order valence-corrected chi connectivity index (χ0v) is 21.1. The number of rotatable bonds is 8. The van der Waals surface area contributed by atoms with Crippen molar-refractivity contribution in [3.05, 3.63) is 60.6 Å². The minimum Gasteiger partial charge on any atom is -0.378 e. The molecule has 1 aliphatic rings. The van der Waals surface area contributed by atoms with Gasteiger partial charge in [-0.1, -0.05) is 6.07 Å². The van der Waals surface area contributed by atoms with Gasteiger partial charge in [0.1, 0.15) is 5.82 Å². The van der Waals surface area contributed by atoms with E-state index < -0.39 is 10.0 Å². The van der Waals surface area contributed by atoms with Crippen LogP contribution in [0.5, 0.6) is 0 Å². The molecule has 188 valence electrons. The van der Waals surface area contributed by atoms with Crippen molar-refractivity contribution in [2.45, 2.75) is 11.3 Å². The molecule has 3 aromatic heterocycles. The Morgan fingerprint density at radius 2 is 1.97 bits per heavy atom. The molecule has 10 nitrogen and oxygen atoms in total. The summed E-state index contributed by atoms with van der Waals surface area (Å²) in [6.07, 6.45) is 6.20. The number of hydrogen-bond donors (Lipinski definition) is 2. The summed E-state index contributed by atoms with van der Waals surface area (Å²) in [5.41, 5.74) is 3.23. The molecule has 1 saturated heterocycles. The van der Waals surface area contributed by atoms with Gasteiger partial charge >= 0.3 is 0 Å². The fourth-order valence-corrected chi connectivity index (χ4v) is 5.12. The summed E-state index contributed by atoms with van der Waals surface area (Å²) >= 11 is 0. The van der Waals surface area contributed by atoms with Crippen molar-refractivity contribution in [1.29, 1.82) is 0 Å². The van der Waals surface area contributed by atoms with E-state index in [9.17, 15) is 8.42 Å². The Balaban J connectivity index is 1.56. The Morgan fingerprint density at radius 3 is 2.72 bits per heavy atom. The van der Waals surface area contributed by atoms with Crippen molar-refractivity contribution in [2.24, 2.45) is 0 Å². The van der Waals surface area contributed by atoms with Crippen LogP contribution in [0.4, 0.5) is 11.8 Å². The predicted octanol–water partition coefficient (Wildman–Crippen LogP) is 2.76. The van der Waals surface area contributed by atoms with Crippen LogP contribution in [0.3, 0.4) is 0 Å². The van der Waals surface area contributed by atoms with Crippen molar-refractivity contribution in [1.82, 2.24) is 24.2 Å². The Hall–Kier alpha value is -3.54. The number of pyridine rings is 1. The van der Waals surface area contributed by atoms with Crippen molar-refractivity contribution < 1.29 is 13.2 Å². The largest absolute Gasteiger partial charge is 0.378 e. The lowest BCUT2D eigenvalue weighted by Gasteiger charge is -2.27. The Kier molecular flexibility index (Phi) is 6.86. The molecule has 0 bridgehead atoms. The van der Waals surface area contributed by atoms with E-state index in [4.69, 9.17) is 14.7 Å². The van der Waals surface area contributed by atoms with Crippen LogP contribution in [0.15, 0.2) is 59.9 Å². The Morgan fingerprint density at radius 1 is 1.14 bits per heavy atom. The molecule has 0 atom stereocenters. The van der Waals surface area contributed by atoms with Crippen LogP contribution in [0.2, 0.25) is 0 Å². The number of fused-ring (bicyclic) bond motifs is 1. The summed E-state index contributed by atoms with van der Waals surface area (Å²) in [6.45, 7) is 3.26. The van der Waals surface area contributed by atoms with Gasteiger partial charge in [-0.15, -0.1) is 0 Å². The van der Waals surface area contributed by atoms with E-state index >= 15 is 0 Å². The minimum absolute atomic E-state index is 0.204. The van der Waals surface area contributed by atoms with Crippen molar-refractivity contribution >= 4 is 32.7 Å². The quantitative estimate of drug-likeness (QED) is 0.374. The number of anilines is 2. The van der Waals surface area contributed by atoms with Crippen LogP contribution in [0.25, 0.3) is 22.2 Å². The second-order valence-corrected chi connectivity index (χ2v) is 10.9. The predicted molar refractivity (Wildman–Crippen MR) is 140 cm³/mol. The maximum Gasteiger partial charge on any atom is 0.242 e. The second-order valence-electron chi connectivity index (χ2n) is 8.77. The van der Waals surface area contributed by atoms with Gasteiger partial charge in [-0.25, -0.2) is 17.7 Å². The zero-order valence-electron chi connectivity index (χ0n) is 20.3. The molecule has 0 radical (unpaired) electrons. The van der Waals surface area contributed by atoms with Crippen LogP contribution in [0.1, 0.15) is 5.56 Å². The summed E-state index contributed by atoms with van der Waals surface area (Å²) in [5.74, 6) is 1.26. The van der Waals surface area contributed by atoms with Gasteiger partial charge < -0.3 is 19.9 Å². The second kappa shape index (κ2) is 10.2. The van der Waals surface area contributed by atoms with E-state index in [1.807, 2.05) is 30.5 Å². The summed E-state index contributed by atoms with van der Waals surface area (Å²) in [4.78, 5) is 19.3. The third-order valence-electron chi connectivity index (χ3n) is 6.15. The number of nitrogens with zero attached hydrogens (tertiary/aromatic N) is 5. The molecule has 1 aromatic carbocycles. The summed E-state index contributed by atoms with van der Waals surface area (Å²) in [6, 6.07) is 11.1. The van der Waals surface area contributed by atoms with Gasteiger partial charge in [0.2, 0.25) is 16.0 Å². The Labute approximate surface area is 210 Å². The lowest BCUT2D eigenvalue weighted by atomic mass is 10.1. The Bertz CT molecular complexity index is 1450. The fraction of sp³-hybridized carbons (Fsp3) is 0.320. The SMILES string of the molecule is CN(C)S(=O)(=O)c1cc(-c2cc(NCCc3cccnc3)nc(N3CCOCC3)n2)c2cc[nH]c2c1. The van der Waals surface area contributed by atoms with E-state index in [-0.39, 0.29) is 4.90 Å². The topological polar surface area (TPSA) is 116 Å². The first kappa shape index (κ1) is 24.2. The number of aromatic nitrogens is 4. The number of sulfonamides is 1. The average Bonchev–Trinajstić information content (AvgIpc) is 3.38. The summed E-state index contributed by atoms with van der Waals surface area (Å²) < 4.78 is 32.7. The van der Waals surface area contributed by atoms with Crippen molar-refractivity contribution in [2.75, 3.05) is 57.2 Å². The molecule has 1 aliphatic heterocycles. The molecule has 0 saturated carbocycles. The van der Waals surface area contributed by atoms with E-state index in [1.54, 1.807) is 24.5 Å². The first-order valence-corrected chi connectivity index (χ1v) is 13.2. The van der Waals surface area contributed by atoms with Crippen LogP contribution < -0.4 is 10.2 Å². The number of morpholine rings is 1. The number of nitrogens with one attached hydrogen (secondary N) is 2. The smallest absolute Gasteiger partial charge is 0.242 e. The molecule has 0 aliphatic carbocycles. The van der Waals surface area contributed by atoms with Gasteiger partial charge in [0.25, 0.3) is 0 Å². The van der Waals surface area contributed by atoms with Crippen LogP contribution in [-0.2, 0) is 21.2 Å². The highest BCUT2D eigenvalue weighted by Gasteiger charge is 2.22. The average molecular weight is 508 g/mol. The van der Waals surface area contributed by atoms with Crippen LogP contribution >= 0.6 is 0 Å². The molecular weight excluding hydrogens is 478 g/mol. The van der Waals surface area contributed by atoms with Gasteiger partial charge in [-0.3, -0.25) is 4.98 Å². The highest BCUT2D eigenvalue weighted by atomic mass is 32.2. The highest BCUT2D eigenvalue weighted by Crippen LogP contribution is 2.33. The molecule has 36 heavy (non-hydrogen) atoms. The number of H-pyrrole nitrogens is 1. The summed E-state index contributed by atoms with van der Waals surface area (Å²) in [5, 5.41) is 4.31. The van der Waals surface area contributed by atoms with E-state index in [0.29, 0.717) is 50.3 Å². The molecule has 0 unspecified atom stereocenters. The third kappa shape index (κ3) is 5.03.